The highest BCUT2D eigenvalue weighted by Gasteiger charge is 1.83. The fourth-order valence-electron chi connectivity index (χ4n) is 0.408. The average molecular weight is 112 g/mol. The Labute approximate surface area is 45.1 Å². The first kappa shape index (κ1) is 5.03. The first-order chi connectivity index (χ1) is 3.80. The molecule has 0 fully saturated rings. The summed E-state index contributed by atoms with van der Waals surface area (Å²) >= 11 is 0. The Hall–Kier alpha value is -1.12. The molecule has 3 heteroatoms. The summed E-state index contributed by atoms with van der Waals surface area (Å²) in [5.74, 6) is 0. The van der Waals surface area contributed by atoms with E-state index in [1.165, 1.54) is 12.1 Å². The molecule has 0 N–H and O–H groups in total. The minimum absolute atomic E-state index is 0.0278. The zero-order valence-corrected chi connectivity index (χ0v) is 4.04. The third-order valence-corrected chi connectivity index (χ3v) is 0.777. The molecule has 42 valence electrons. The molecular weight excluding hydrogens is 108 g/mol. The van der Waals surface area contributed by atoms with Gasteiger partial charge < -0.3 is 0 Å². The van der Waals surface area contributed by atoms with Gasteiger partial charge in [-0.1, -0.05) is 10.5 Å². The van der Waals surface area contributed by atoms with E-state index < -0.39 is 5.56 Å². The Balaban J connectivity index is 3.35. The van der Waals surface area contributed by atoms with Crippen molar-refractivity contribution in [2.75, 3.05) is 0 Å². The van der Waals surface area contributed by atoms with Gasteiger partial charge in [0.15, 0.2) is 0 Å². The second-order valence-corrected chi connectivity index (χ2v) is 1.35. The maximum atomic E-state index is 11.9. The van der Waals surface area contributed by atoms with Crippen LogP contribution in [0, 0.1) is 0 Å². The molecule has 0 aromatic carbocycles. The van der Waals surface area contributed by atoms with Crippen molar-refractivity contribution in [3.05, 3.63) is 34.7 Å². The molecule has 0 unspecified atom stereocenters. The van der Waals surface area contributed by atoms with Crippen LogP contribution in [0.4, 0.5) is 4.48 Å². The first-order valence-electron chi connectivity index (χ1n) is 2.14. The van der Waals surface area contributed by atoms with E-state index in [-0.39, 0.29) is 4.79 Å². The lowest BCUT2D eigenvalue weighted by molar-refractivity contribution is 0.352. The van der Waals surface area contributed by atoms with Gasteiger partial charge in [0.25, 0.3) is 5.56 Å². The maximum Gasteiger partial charge on any atom is 0.278 e. The standard InChI is InChI=1S/C5H4FNO/c6-7-4-2-1-3-5(7)8/h1-4H/i6-1. The summed E-state index contributed by atoms with van der Waals surface area (Å²) in [6.45, 7) is 0. The predicted octanol–water partition coefficient (Wildman–Crippen LogP) is 0.581. The smallest absolute Gasteiger partial charge is 0.267 e. The highest BCUT2D eigenvalue weighted by atomic mass is 18.2. The van der Waals surface area contributed by atoms with Crippen LogP contribution in [0.2, 0.25) is 0 Å². The quantitative estimate of drug-likeness (QED) is 0.481. The minimum atomic E-state index is -0.632. The fraction of sp³-hybridized carbons (Fsp3) is 0. The molecule has 0 aliphatic heterocycles. The van der Waals surface area contributed by atoms with Crippen LogP contribution in [-0.4, -0.2) is 4.79 Å². The third kappa shape index (κ3) is 0.753. The monoisotopic (exact) mass is 112 g/mol. The zero-order chi connectivity index (χ0) is 5.98. The van der Waals surface area contributed by atoms with E-state index in [1.54, 1.807) is 0 Å². The van der Waals surface area contributed by atoms with Gasteiger partial charge in [0, 0.05) is 12.3 Å². The molecule has 2 nitrogen and oxygen atoms in total. The van der Waals surface area contributed by atoms with E-state index in [0.717, 1.165) is 12.3 Å². The molecule has 0 saturated carbocycles. The lowest BCUT2D eigenvalue weighted by atomic mass is 10.5. The van der Waals surface area contributed by atoms with Crippen LogP contribution in [0.5, 0.6) is 0 Å². The number of halogens is 1. The third-order valence-electron chi connectivity index (χ3n) is 0.777. The van der Waals surface area contributed by atoms with E-state index in [1.807, 2.05) is 0 Å². The summed E-state index contributed by atoms with van der Waals surface area (Å²) in [6, 6.07) is 4.08. The average Bonchev–Trinajstić information content (AvgIpc) is 1.77. The van der Waals surface area contributed by atoms with E-state index in [2.05, 4.69) is 0 Å². The minimum Gasteiger partial charge on any atom is -0.267 e. The summed E-state index contributed by atoms with van der Waals surface area (Å²) in [6.07, 6.45) is 1.06. The molecular formula is C5H4FNO. The van der Waals surface area contributed by atoms with Crippen LogP contribution >= 0.6 is 0 Å². The summed E-state index contributed by atoms with van der Waals surface area (Å²) in [4.78, 5) is 10.2. The van der Waals surface area contributed by atoms with Crippen LogP contribution in [0.15, 0.2) is 29.2 Å². The Morgan fingerprint density at radius 2 is 2.25 bits per heavy atom. The van der Waals surface area contributed by atoms with Gasteiger partial charge in [-0.3, -0.25) is 4.79 Å². The van der Waals surface area contributed by atoms with Gasteiger partial charge in [-0.25, -0.2) is 0 Å². The molecule has 0 radical (unpaired) electrons. The second kappa shape index (κ2) is 1.78. The van der Waals surface area contributed by atoms with Gasteiger partial charge in [0.1, 0.15) is 0 Å². The highest BCUT2D eigenvalue weighted by molar-refractivity contribution is 4.90. The van der Waals surface area contributed by atoms with Crippen molar-refractivity contribution in [3.63, 3.8) is 0 Å². The van der Waals surface area contributed by atoms with Crippen molar-refractivity contribution in [2.24, 2.45) is 0 Å². The van der Waals surface area contributed by atoms with Crippen molar-refractivity contribution >= 4 is 0 Å². The maximum absolute atomic E-state index is 11.9. The zero-order valence-electron chi connectivity index (χ0n) is 4.04. The van der Waals surface area contributed by atoms with Crippen molar-refractivity contribution in [2.45, 2.75) is 0 Å². The van der Waals surface area contributed by atoms with Gasteiger partial charge in [-0.15, -0.1) is 4.79 Å². The molecule has 1 aromatic heterocycles. The summed E-state index contributed by atoms with van der Waals surface area (Å²) in [7, 11) is 0. The number of hydrogen-bond acceptors (Lipinski definition) is 1. The van der Waals surface area contributed by atoms with Gasteiger partial charge in [0.05, 0.1) is 0 Å². The molecule has 8 heavy (non-hydrogen) atoms. The van der Waals surface area contributed by atoms with Crippen molar-refractivity contribution in [1.82, 2.24) is 4.79 Å². The molecule has 1 aromatic rings. The van der Waals surface area contributed by atoms with Crippen LogP contribution in [0.25, 0.3) is 0 Å². The Bertz CT molecular complexity index is 230. The van der Waals surface area contributed by atoms with E-state index >= 15 is 0 Å². The molecule has 0 spiro atoms. The topological polar surface area (TPSA) is 22.0 Å². The highest BCUT2D eigenvalue weighted by Crippen LogP contribution is 1.77. The van der Waals surface area contributed by atoms with E-state index in [9.17, 15) is 9.28 Å². The van der Waals surface area contributed by atoms with Gasteiger partial charge in [-0.2, -0.15) is 0 Å². The number of rotatable bonds is 0. The normalized spacial score (nSPS) is 9.12. The molecule has 0 amide bonds. The molecule has 0 bridgehead atoms. The van der Waals surface area contributed by atoms with Gasteiger partial charge in [0.2, 0.25) is 0 Å². The molecule has 1 rings (SSSR count). The number of hydrogen-bond donors (Lipinski definition) is 0. The first-order valence-corrected chi connectivity index (χ1v) is 2.14. The number of nitrogens with zero attached hydrogens (tertiary/aromatic N) is 1. The molecule has 0 aliphatic rings. The van der Waals surface area contributed by atoms with Crippen LogP contribution < -0.4 is 5.56 Å². The lowest BCUT2D eigenvalue weighted by Gasteiger charge is -1.83. The van der Waals surface area contributed by atoms with Crippen LogP contribution in [0.1, 0.15) is 0 Å². The lowest BCUT2D eigenvalue weighted by Crippen LogP contribution is -2.09. The van der Waals surface area contributed by atoms with Crippen LogP contribution in [-0.2, 0) is 0 Å². The largest absolute Gasteiger partial charge is 0.278 e. The molecule has 1 heterocycles. The van der Waals surface area contributed by atoms with Crippen LogP contribution in [0.3, 0.4) is 0 Å². The second-order valence-electron chi connectivity index (χ2n) is 1.35. The molecule has 0 aliphatic carbocycles. The van der Waals surface area contributed by atoms with Crippen molar-refractivity contribution in [1.29, 1.82) is 0 Å². The predicted molar refractivity (Wildman–Crippen MR) is 27.2 cm³/mol. The van der Waals surface area contributed by atoms with Crippen molar-refractivity contribution < 1.29 is 4.48 Å². The molecule has 0 saturated heterocycles. The summed E-state index contributed by atoms with van der Waals surface area (Å²) in [5.41, 5.74) is -0.632. The number of aromatic nitrogens is 1. The number of pyridine rings is 1. The Kier molecular flexibility index (Phi) is 1.12. The fourth-order valence-corrected chi connectivity index (χ4v) is 0.408. The molecule has 0 atom stereocenters. The summed E-state index contributed by atoms with van der Waals surface area (Å²) in [5, 5.41) is 0. The van der Waals surface area contributed by atoms with E-state index in [0.29, 0.717) is 0 Å². The Morgan fingerprint density at radius 3 is 2.62 bits per heavy atom. The SMILES string of the molecule is O=c1ccccn1[18F]. The summed E-state index contributed by atoms with van der Waals surface area (Å²) < 4.78 is 11.9. The van der Waals surface area contributed by atoms with Crippen molar-refractivity contribution in [3.8, 4) is 0 Å². The van der Waals surface area contributed by atoms with Gasteiger partial charge >= 0.3 is 0 Å². The van der Waals surface area contributed by atoms with Gasteiger partial charge in [-0.05, 0) is 6.07 Å². The Morgan fingerprint density at radius 1 is 1.50 bits per heavy atom. The van der Waals surface area contributed by atoms with E-state index in [4.69, 9.17) is 0 Å².